The highest BCUT2D eigenvalue weighted by Crippen LogP contribution is 2.33. The van der Waals surface area contributed by atoms with Crippen molar-refractivity contribution in [2.45, 2.75) is 18.6 Å². The van der Waals surface area contributed by atoms with Gasteiger partial charge in [-0.15, -0.1) is 0 Å². The van der Waals surface area contributed by atoms with Crippen LogP contribution in [0.25, 0.3) is 16.9 Å². The molecule has 0 N–H and O–H groups in total. The second-order valence-electron chi connectivity index (χ2n) is 8.24. The van der Waals surface area contributed by atoms with Crippen molar-refractivity contribution in [3.8, 4) is 22.7 Å². The van der Waals surface area contributed by atoms with E-state index in [-0.39, 0.29) is 11.6 Å². The summed E-state index contributed by atoms with van der Waals surface area (Å²) in [5, 5.41) is 16.0. The predicted molar refractivity (Wildman–Crippen MR) is 122 cm³/mol. The first kappa shape index (κ1) is 22.1. The molecule has 2 saturated heterocycles. The van der Waals surface area contributed by atoms with Crippen molar-refractivity contribution < 1.29 is 23.9 Å². The number of benzene rings is 2. The van der Waals surface area contributed by atoms with Gasteiger partial charge in [0.2, 0.25) is 0 Å². The molecule has 5 rings (SSSR count). The number of likely N-dealkylation sites (tertiary alicyclic amines) is 1. The van der Waals surface area contributed by atoms with Crippen molar-refractivity contribution >= 4 is 11.6 Å². The van der Waals surface area contributed by atoms with Crippen LogP contribution in [0, 0.1) is 10.1 Å². The summed E-state index contributed by atoms with van der Waals surface area (Å²) >= 11 is 0. The lowest BCUT2D eigenvalue weighted by Gasteiger charge is -2.37. The number of ether oxygens (including phenoxy) is 3. The van der Waals surface area contributed by atoms with E-state index in [1.165, 1.54) is 16.8 Å². The Morgan fingerprint density at radius 3 is 2.53 bits per heavy atom. The summed E-state index contributed by atoms with van der Waals surface area (Å²) in [4.78, 5) is 26.2. The molecule has 0 atom stereocenters. The molecule has 0 aliphatic carbocycles. The summed E-state index contributed by atoms with van der Waals surface area (Å²) in [6.07, 6.45) is 1.18. The van der Waals surface area contributed by atoms with E-state index in [1.807, 2.05) is 24.3 Å². The van der Waals surface area contributed by atoms with Crippen molar-refractivity contribution in [3.05, 3.63) is 70.4 Å². The van der Waals surface area contributed by atoms with Crippen molar-refractivity contribution in [1.29, 1.82) is 0 Å². The molecule has 0 radical (unpaired) electrons. The Morgan fingerprint density at radius 1 is 1.09 bits per heavy atom. The third kappa shape index (κ3) is 4.13. The smallest absolute Gasteiger partial charge is 0.272 e. The minimum Gasteiger partial charge on any atom is -0.497 e. The molecule has 10 heteroatoms. The summed E-state index contributed by atoms with van der Waals surface area (Å²) in [5.74, 6) is -0.141. The molecule has 0 bridgehead atoms. The van der Waals surface area contributed by atoms with Gasteiger partial charge in [0.25, 0.3) is 11.6 Å². The quantitative estimate of drug-likeness (QED) is 0.420. The van der Waals surface area contributed by atoms with Crippen LogP contribution >= 0.6 is 0 Å². The third-order valence-electron chi connectivity index (χ3n) is 6.21. The Bertz CT molecular complexity index is 1220. The van der Waals surface area contributed by atoms with Gasteiger partial charge in [-0.05, 0) is 24.3 Å². The summed E-state index contributed by atoms with van der Waals surface area (Å²) in [6, 6.07) is 15.2. The molecule has 3 heterocycles. The van der Waals surface area contributed by atoms with Gasteiger partial charge < -0.3 is 19.1 Å². The second kappa shape index (κ2) is 8.88. The standard InChI is InChI=1S/C24H24N4O6/c1-32-20-7-2-4-17(14-20)21-16-22(27(25-21)18-5-3-6-19(15-18)28(30)31)23(29)26-10-8-24(9-11-26)33-12-13-34-24/h2-7,14-16H,8-13H2,1H3. The van der Waals surface area contributed by atoms with Gasteiger partial charge in [-0.3, -0.25) is 14.9 Å². The van der Waals surface area contributed by atoms with E-state index in [4.69, 9.17) is 14.2 Å². The number of nitrogens with zero attached hydrogens (tertiary/aromatic N) is 4. The summed E-state index contributed by atoms with van der Waals surface area (Å²) in [5.41, 5.74) is 2.00. The highest BCUT2D eigenvalue weighted by molar-refractivity contribution is 5.94. The molecule has 176 valence electrons. The van der Waals surface area contributed by atoms with Crippen LogP contribution in [0.15, 0.2) is 54.6 Å². The minimum atomic E-state index is -0.594. The number of nitro groups is 1. The molecule has 0 unspecified atom stereocenters. The highest BCUT2D eigenvalue weighted by atomic mass is 16.7. The molecule has 0 saturated carbocycles. The number of non-ortho nitro benzene ring substituents is 1. The molecule has 1 aromatic heterocycles. The maximum atomic E-state index is 13.6. The highest BCUT2D eigenvalue weighted by Gasteiger charge is 2.41. The molecule has 2 aromatic carbocycles. The Labute approximate surface area is 195 Å². The van der Waals surface area contributed by atoms with Crippen molar-refractivity contribution in [3.63, 3.8) is 0 Å². The summed E-state index contributed by atoms with van der Waals surface area (Å²) in [6.45, 7) is 2.09. The lowest BCUT2D eigenvalue weighted by atomic mass is 10.0. The molecule has 2 aliphatic rings. The van der Waals surface area contributed by atoms with Gasteiger partial charge in [-0.25, -0.2) is 4.68 Å². The number of carbonyl (C=O) groups is 1. The van der Waals surface area contributed by atoms with E-state index in [0.717, 1.165) is 5.56 Å². The average molecular weight is 464 g/mol. The average Bonchev–Trinajstić information content (AvgIpc) is 3.52. The molecular weight excluding hydrogens is 440 g/mol. The van der Waals surface area contributed by atoms with Crippen LogP contribution in [0.1, 0.15) is 23.3 Å². The molecule has 1 spiro atoms. The number of hydrogen-bond donors (Lipinski definition) is 0. The largest absolute Gasteiger partial charge is 0.497 e. The SMILES string of the molecule is COc1cccc(-c2cc(C(=O)N3CCC4(CC3)OCCO4)n(-c3cccc([N+](=O)[O-])c3)n2)c1. The Hall–Kier alpha value is -3.76. The van der Waals surface area contributed by atoms with Crippen LogP contribution in [0.5, 0.6) is 5.75 Å². The van der Waals surface area contributed by atoms with Crippen LogP contribution < -0.4 is 4.74 Å². The van der Waals surface area contributed by atoms with E-state index < -0.39 is 10.7 Å². The van der Waals surface area contributed by atoms with Gasteiger partial charge in [0.05, 0.1) is 36.6 Å². The lowest BCUT2D eigenvalue weighted by molar-refractivity contribution is -0.384. The third-order valence-corrected chi connectivity index (χ3v) is 6.21. The number of amides is 1. The zero-order valence-electron chi connectivity index (χ0n) is 18.7. The Morgan fingerprint density at radius 2 is 1.82 bits per heavy atom. The number of carbonyl (C=O) groups excluding carboxylic acids is 1. The van der Waals surface area contributed by atoms with Gasteiger partial charge in [0, 0.05) is 43.6 Å². The number of rotatable bonds is 5. The van der Waals surface area contributed by atoms with Gasteiger partial charge in [0.1, 0.15) is 11.4 Å². The molecule has 2 fully saturated rings. The topological polar surface area (TPSA) is 109 Å². The predicted octanol–water partition coefficient (Wildman–Crippen LogP) is 3.44. The number of aromatic nitrogens is 2. The molecule has 10 nitrogen and oxygen atoms in total. The minimum absolute atomic E-state index is 0.0789. The summed E-state index contributed by atoms with van der Waals surface area (Å²) < 4.78 is 18.3. The number of piperidine rings is 1. The van der Waals surface area contributed by atoms with Gasteiger partial charge in [-0.1, -0.05) is 18.2 Å². The normalized spacial score (nSPS) is 17.1. The van der Waals surface area contributed by atoms with E-state index in [1.54, 1.807) is 30.2 Å². The van der Waals surface area contributed by atoms with Crippen LogP contribution in [-0.4, -0.2) is 64.7 Å². The Balaban J connectivity index is 1.52. The number of hydrogen-bond acceptors (Lipinski definition) is 7. The molecule has 2 aliphatic heterocycles. The van der Waals surface area contributed by atoms with E-state index in [9.17, 15) is 14.9 Å². The van der Waals surface area contributed by atoms with Crippen molar-refractivity contribution in [1.82, 2.24) is 14.7 Å². The number of nitro benzene ring substituents is 1. The molecular formula is C24H24N4O6. The fourth-order valence-corrected chi connectivity index (χ4v) is 4.39. The maximum Gasteiger partial charge on any atom is 0.272 e. The van der Waals surface area contributed by atoms with Crippen LogP contribution in [0.4, 0.5) is 5.69 Å². The van der Waals surface area contributed by atoms with Crippen LogP contribution in [0.2, 0.25) is 0 Å². The maximum absolute atomic E-state index is 13.6. The zero-order chi connectivity index (χ0) is 23.7. The first-order chi connectivity index (χ1) is 16.5. The van der Waals surface area contributed by atoms with Gasteiger partial charge in [0.15, 0.2) is 5.79 Å². The first-order valence-electron chi connectivity index (χ1n) is 11.0. The second-order valence-corrected chi connectivity index (χ2v) is 8.24. The summed E-state index contributed by atoms with van der Waals surface area (Å²) in [7, 11) is 1.58. The lowest BCUT2D eigenvalue weighted by Crippen LogP contribution is -2.47. The van der Waals surface area contributed by atoms with E-state index >= 15 is 0 Å². The van der Waals surface area contributed by atoms with Gasteiger partial charge in [-0.2, -0.15) is 5.10 Å². The van der Waals surface area contributed by atoms with Crippen LogP contribution in [0.3, 0.4) is 0 Å². The fraction of sp³-hybridized carbons (Fsp3) is 0.333. The molecule has 3 aromatic rings. The van der Waals surface area contributed by atoms with Crippen molar-refractivity contribution in [2.24, 2.45) is 0 Å². The first-order valence-corrected chi connectivity index (χ1v) is 11.0. The molecule has 34 heavy (non-hydrogen) atoms. The fourth-order valence-electron chi connectivity index (χ4n) is 4.39. The monoisotopic (exact) mass is 464 g/mol. The molecule has 1 amide bonds. The number of methoxy groups -OCH3 is 1. The Kier molecular flexibility index (Phi) is 5.76. The van der Waals surface area contributed by atoms with E-state index in [2.05, 4.69) is 5.10 Å². The van der Waals surface area contributed by atoms with E-state index in [0.29, 0.717) is 62.0 Å². The van der Waals surface area contributed by atoms with Crippen LogP contribution in [-0.2, 0) is 9.47 Å². The van der Waals surface area contributed by atoms with Gasteiger partial charge >= 0.3 is 0 Å². The van der Waals surface area contributed by atoms with Crippen molar-refractivity contribution in [2.75, 3.05) is 33.4 Å². The zero-order valence-corrected chi connectivity index (χ0v) is 18.7.